The first-order valence-electron chi connectivity index (χ1n) is 7.38. The van der Waals surface area contributed by atoms with Gasteiger partial charge in [0.25, 0.3) is 0 Å². The third-order valence-electron chi connectivity index (χ3n) is 3.45. The van der Waals surface area contributed by atoms with E-state index in [1.165, 1.54) is 25.7 Å². The Labute approximate surface area is 117 Å². The Morgan fingerprint density at radius 2 is 1.89 bits per heavy atom. The molecule has 1 aliphatic rings. The van der Waals surface area contributed by atoms with Crippen molar-refractivity contribution in [3.05, 3.63) is 0 Å². The third kappa shape index (κ3) is 7.41. The second-order valence-corrected chi connectivity index (χ2v) is 7.04. The highest BCUT2D eigenvalue weighted by atomic mass is 16.6. The van der Waals surface area contributed by atoms with Crippen molar-refractivity contribution < 1.29 is 9.53 Å². The molecular weight excluding hydrogens is 240 g/mol. The van der Waals surface area contributed by atoms with Gasteiger partial charge in [-0.15, -0.1) is 0 Å². The van der Waals surface area contributed by atoms with Crippen LogP contribution in [-0.2, 0) is 4.74 Å². The molecule has 0 unspecified atom stereocenters. The largest absolute Gasteiger partial charge is 0.444 e. The van der Waals surface area contributed by atoms with Gasteiger partial charge in [-0.2, -0.15) is 0 Å². The molecule has 4 nitrogen and oxygen atoms in total. The lowest BCUT2D eigenvalue weighted by molar-refractivity contribution is 0.0511. The van der Waals surface area contributed by atoms with Gasteiger partial charge in [-0.1, -0.05) is 6.42 Å². The molecule has 0 aromatic heterocycles. The second-order valence-electron chi connectivity index (χ2n) is 7.04. The van der Waals surface area contributed by atoms with Crippen LogP contribution in [0, 0.1) is 11.8 Å². The van der Waals surface area contributed by atoms with Crippen LogP contribution in [0.5, 0.6) is 0 Å². The number of hydrogen-bond donors (Lipinski definition) is 1. The van der Waals surface area contributed by atoms with Gasteiger partial charge in [0.15, 0.2) is 0 Å². The van der Waals surface area contributed by atoms with Crippen molar-refractivity contribution >= 4 is 6.09 Å². The van der Waals surface area contributed by atoms with Crippen molar-refractivity contribution in [3.8, 4) is 0 Å². The van der Waals surface area contributed by atoms with Crippen LogP contribution in [0.1, 0.15) is 46.5 Å². The first-order valence-corrected chi connectivity index (χ1v) is 7.38. The molecule has 1 rings (SSSR count). The fraction of sp³-hybridized carbons (Fsp3) is 0.933. The van der Waals surface area contributed by atoms with Crippen molar-refractivity contribution in [3.63, 3.8) is 0 Å². The summed E-state index contributed by atoms with van der Waals surface area (Å²) in [6.45, 7) is 7.57. The molecule has 0 spiro atoms. The van der Waals surface area contributed by atoms with Crippen molar-refractivity contribution in [1.29, 1.82) is 0 Å². The molecule has 0 bridgehead atoms. The predicted octanol–water partition coefficient (Wildman–Crippen LogP) is 2.88. The van der Waals surface area contributed by atoms with Crippen LogP contribution in [0.4, 0.5) is 4.79 Å². The van der Waals surface area contributed by atoms with Gasteiger partial charge in [0.1, 0.15) is 5.60 Å². The van der Waals surface area contributed by atoms with E-state index in [9.17, 15) is 4.79 Å². The van der Waals surface area contributed by atoms with E-state index >= 15 is 0 Å². The van der Waals surface area contributed by atoms with Gasteiger partial charge >= 0.3 is 6.09 Å². The fourth-order valence-corrected chi connectivity index (χ4v) is 2.81. The van der Waals surface area contributed by atoms with Crippen molar-refractivity contribution in [2.45, 2.75) is 52.1 Å². The van der Waals surface area contributed by atoms with E-state index in [1.54, 1.807) is 0 Å². The smallest absolute Gasteiger partial charge is 0.407 e. The number of ether oxygens (including phenoxy) is 1. The van der Waals surface area contributed by atoms with Gasteiger partial charge in [-0.05, 0) is 66.0 Å². The zero-order valence-electron chi connectivity index (χ0n) is 13.2. The SMILES string of the molecule is CN(C)C[C@@H]1CCC[C@H](CNC(=O)OC(C)(C)C)C1. The standard InChI is InChI=1S/C15H30N2O2/c1-15(2,3)19-14(18)16-10-12-7-6-8-13(9-12)11-17(4)5/h12-13H,6-11H2,1-5H3,(H,16,18)/t12-,13+/m0/s1. The summed E-state index contributed by atoms with van der Waals surface area (Å²) in [5, 5.41) is 2.91. The zero-order chi connectivity index (χ0) is 14.5. The molecule has 0 heterocycles. The van der Waals surface area contributed by atoms with E-state index in [0.717, 1.165) is 19.0 Å². The van der Waals surface area contributed by atoms with E-state index < -0.39 is 5.60 Å². The van der Waals surface area contributed by atoms with Crippen LogP contribution in [0.2, 0.25) is 0 Å². The second kappa shape index (κ2) is 7.13. The first kappa shape index (κ1) is 16.3. The number of hydrogen-bond acceptors (Lipinski definition) is 3. The lowest BCUT2D eigenvalue weighted by Gasteiger charge is -2.31. The first-order chi connectivity index (χ1) is 8.76. The molecule has 0 aromatic rings. The average Bonchev–Trinajstić information content (AvgIpc) is 2.23. The zero-order valence-corrected chi connectivity index (χ0v) is 13.2. The summed E-state index contributed by atoms with van der Waals surface area (Å²) in [4.78, 5) is 13.9. The fourth-order valence-electron chi connectivity index (χ4n) is 2.81. The molecular formula is C15H30N2O2. The summed E-state index contributed by atoms with van der Waals surface area (Å²) in [6.07, 6.45) is 4.75. The molecule has 0 aromatic carbocycles. The topological polar surface area (TPSA) is 41.6 Å². The van der Waals surface area contributed by atoms with Crippen molar-refractivity contribution in [2.75, 3.05) is 27.2 Å². The van der Waals surface area contributed by atoms with E-state index in [4.69, 9.17) is 4.74 Å². The van der Waals surface area contributed by atoms with Crippen molar-refractivity contribution in [2.24, 2.45) is 11.8 Å². The molecule has 0 radical (unpaired) electrons. The van der Waals surface area contributed by atoms with Crippen LogP contribution in [-0.4, -0.2) is 43.8 Å². The molecule has 0 aliphatic heterocycles. The van der Waals surface area contributed by atoms with Crippen LogP contribution < -0.4 is 5.32 Å². The number of carbonyl (C=O) groups excluding carboxylic acids is 1. The summed E-state index contributed by atoms with van der Waals surface area (Å²) in [6, 6.07) is 0. The summed E-state index contributed by atoms with van der Waals surface area (Å²) < 4.78 is 5.26. The van der Waals surface area contributed by atoms with Gasteiger partial charge in [0, 0.05) is 13.1 Å². The van der Waals surface area contributed by atoms with E-state index in [0.29, 0.717) is 5.92 Å². The third-order valence-corrected chi connectivity index (χ3v) is 3.45. The quantitative estimate of drug-likeness (QED) is 0.854. The average molecular weight is 270 g/mol. The van der Waals surface area contributed by atoms with E-state index in [-0.39, 0.29) is 6.09 Å². The molecule has 4 heteroatoms. The molecule has 1 aliphatic carbocycles. The highest BCUT2D eigenvalue weighted by Crippen LogP contribution is 2.28. The highest BCUT2D eigenvalue weighted by Gasteiger charge is 2.23. The summed E-state index contributed by atoms with van der Waals surface area (Å²) in [5.41, 5.74) is -0.413. The minimum Gasteiger partial charge on any atom is -0.444 e. The Bertz CT molecular complexity index is 284. The molecule has 2 atom stereocenters. The molecule has 1 N–H and O–H groups in total. The number of carbonyl (C=O) groups is 1. The molecule has 1 fully saturated rings. The number of nitrogens with zero attached hydrogens (tertiary/aromatic N) is 1. The van der Waals surface area contributed by atoms with Gasteiger partial charge in [-0.3, -0.25) is 0 Å². The maximum atomic E-state index is 11.6. The summed E-state index contributed by atoms with van der Waals surface area (Å²) in [5.74, 6) is 1.38. The number of nitrogens with one attached hydrogen (secondary N) is 1. The maximum absolute atomic E-state index is 11.6. The lowest BCUT2D eigenvalue weighted by atomic mass is 9.81. The van der Waals surface area contributed by atoms with Crippen LogP contribution >= 0.6 is 0 Å². The Kier molecular flexibility index (Phi) is 6.11. The Morgan fingerprint density at radius 3 is 2.47 bits per heavy atom. The minimum atomic E-state index is -0.413. The Balaban J connectivity index is 2.27. The molecule has 19 heavy (non-hydrogen) atoms. The van der Waals surface area contributed by atoms with Crippen LogP contribution in [0.3, 0.4) is 0 Å². The lowest BCUT2D eigenvalue weighted by Crippen LogP contribution is -2.37. The Morgan fingerprint density at radius 1 is 1.26 bits per heavy atom. The van der Waals surface area contributed by atoms with Crippen LogP contribution in [0.15, 0.2) is 0 Å². The summed E-state index contributed by atoms with van der Waals surface area (Å²) in [7, 11) is 4.26. The Hall–Kier alpha value is -0.770. The maximum Gasteiger partial charge on any atom is 0.407 e. The van der Waals surface area contributed by atoms with Crippen molar-refractivity contribution in [1.82, 2.24) is 10.2 Å². The molecule has 1 saturated carbocycles. The normalized spacial score (nSPS) is 24.3. The van der Waals surface area contributed by atoms with Gasteiger partial charge in [-0.25, -0.2) is 4.79 Å². The van der Waals surface area contributed by atoms with Gasteiger partial charge < -0.3 is 15.0 Å². The van der Waals surface area contributed by atoms with Gasteiger partial charge in [0.2, 0.25) is 0 Å². The number of alkyl carbamates (subject to hydrolysis) is 1. The molecule has 1 amide bonds. The van der Waals surface area contributed by atoms with Crippen LogP contribution in [0.25, 0.3) is 0 Å². The number of rotatable bonds is 4. The minimum absolute atomic E-state index is 0.290. The monoisotopic (exact) mass is 270 g/mol. The predicted molar refractivity (Wildman–Crippen MR) is 78.2 cm³/mol. The van der Waals surface area contributed by atoms with E-state index in [2.05, 4.69) is 24.3 Å². The number of amides is 1. The highest BCUT2D eigenvalue weighted by molar-refractivity contribution is 5.67. The van der Waals surface area contributed by atoms with Gasteiger partial charge in [0.05, 0.1) is 0 Å². The molecule has 112 valence electrons. The molecule has 0 saturated heterocycles. The summed E-state index contributed by atoms with van der Waals surface area (Å²) >= 11 is 0. The van der Waals surface area contributed by atoms with E-state index in [1.807, 2.05) is 20.8 Å².